The van der Waals surface area contributed by atoms with Gasteiger partial charge < -0.3 is 4.52 Å². The van der Waals surface area contributed by atoms with E-state index in [4.69, 9.17) is 4.52 Å². The smallest absolute Gasteiger partial charge is 0.332 e. The first-order valence-corrected chi connectivity index (χ1v) is 10.6. The fraction of sp³-hybridized carbons (Fsp3) is 0.130. The average Bonchev–Trinajstić information content (AvgIpc) is 3.46. The van der Waals surface area contributed by atoms with E-state index in [2.05, 4.69) is 10.1 Å². The Labute approximate surface area is 180 Å². The fourth-order valence-corrected chi connectivity index (χ4v) is 4.30. The van der Waals surface area contributed by atoms with Crippen LogP contribution in [0.2, 0.25) is 0 Å². The Morgan fingerprint density at radius 1 is 0.935 bits per heavy atom. The topological polar surface area (TPSA) is 82.9 Å². The van der Waals surface area contributed by atoms with Gasteiger partial charge in [-0.1, -0.05) is 65.3 Å². The molecule has 31 heavy (non-hydrogen) atoms. The molecule has 0 saturated carbocycles. The first kappa shape index (κ1) is 19.2. The van der Waals surface area contributed by atoms with Crippen LogP contribution >= 0.6 is 11.3 Å². The standard InChI is InChI=1S/C23H18N4O3S/c1-15-7-9-16(10-8-15)13-27-22(28)20-18(11-12-31-20)26(23(27)29)14-19-24-21(25-30-19)17-5-3-2-4-6-17/h2-12H,13-14H2,1H3. The first-order chi connectivity index (χ1) is 15.1. The summed E-state index contributed by atoms with van der Waals surface area (Å²) in [6, 6.07) is 19.0. The minimum Gasteiger partial charge on any atom is -0.337 e. The summed E-state index contributed by atoms with van der Waals surface area (Å²) in [5.41, 5.74) is 2.71. The van der Waals surface area contributed by atoms with Crippen molar-refractivity contribution in [1.82, 2.24) is 19.3 Å². The molecule has 0 unspecified atom stereocenters. The molecule has 3 aromatic heterocycles. The highest BCUT2D eigenvalue weighted by atomic mass is 32.1. The Bertz CT molecular complexity index is 1480. The van der Waals surface area contributed by atoms with Crippen molar-refractivity contribution in [2.45, 2.75) is 20.0 Å². The maximum atomic E-state index is 13.3. The Hall–Kier alpha value is -3.78. The van der Waals surface area contributed by atoms with Crippen LogP contribution in [0.25, 0.3) is 21.6 Å². The van der Waals surface area contributed by atoms with Gasteiger partial charge in [0.1, 0.15) is 11.2 Å². The van der Waals surface area contributed by atoms with Crippen LogP contribution in [0.1, 0.15) is 17.0 Å². The monoisotopic (exact) mass is 430 g/mol. The molecule has 2 aromatic carbocycles. The maximum Gasteiger partial charge on any atom is 0.332 e. The largest absolute Gasteiger partial charge is 0.337 e. The molecule has 0 N–H and O–H groups in total. The number of benzene rings is 2. The third-order valence-electron chi connectivity index (χ3n) is 5.09. The molecular formula is C23H18N4O3S. The van der Waals surface area contributed by atoms with Crippen LogP contribution in [0.15, 0.2) is 80.2 Å². The molecule has 0 aliphatic carbocycles. The van der Waals surface area contributed by atoms with Gasteiger partial charge >= 0.3 is 5.69 Å². The summed E-state index contributed by atoms with van der Waals surface area (Å²) in [7, 11) is 0. The fourth-order valence-electron chi connectivity index (χ4n) is 3.46. The van der Waals surface area contributed by atoms with Crippen LogP contribution in [0, 0.1) is 6.92 Å². The third kappa shape index (κ3) is 3.62. The Balaban J connectivity index is 1.57. The molecule has 0 amide bonds. The van der Waals surface area contributed by atoms with Gasteiger partial charge in [-0.15, -0.1) is 11.3 Å². The summed E-state index contributed by atoms with van der Waals surface area (Å²) in [5.74, 6) is 0.757. The molecule has 0 aliphatic rings. The second-order valence-electron chi connectivity index (χ2n) is 7.26. The number of rotatable bonds is 5. The number of thiophene rings is 1. The number of nitrogens with zero attached hydrogens (tertiary/aromatic N) is 4. The van der Waals surface area contributed by atoms with Crippen LogP contribution in [0.3, 0.4) is 0 Å². The van der Waals surface area contributed by atoms with Crippen LogP contribution in [0.4, 0.5) is 0 Å². The van der Waals surface area contributed by atoms with E-state index in [0.717, 1.165) is 16.7 Å². The number of hydrogen-bond acceptors (Lipinski definition) is 6. The molecule has 5 aromatic rings. The lowest BCUT2D eigenvalue weighted by molar-refractivity contribution is 0.369. The first-order valence-electron chi connectivity index (χ1n) is 9.74. The molecule has 0 aliphatic heterocycles. The zero-order valence-electron chi connectivity index (χ0n) is 16.7. The third-order valence-corrected chi connectivity index (χ3v) is 5.98. The van der Waals surface area contributed by atoms with Crippen molar-refractivity contribution in [2.75, 3.05) is 0 Å². The van der Waals surface area contributed by atoms with E-state index in [9.17, 15) is 9.59 Å². The van der Waals surface area contributed by atoms with Crippen LogP contribution in [-0.2, 0) is 13.1 Å². The lowest BCUT2D eigenvalue weighted by atomic mass is 10.1. The summed E-state index contributed by atoms with van der Waals surface area (Å²) in [4.78, 5) is 30.7. The average molecular weight is 430 g/mol. The number of fused-ring (bicyclic) bond motifs is 1. The SMILES string of the molecule is Cc1ccc(Cn2c(=O)c3sccc3n(Cc3nc(-c4ccccc4)no3)c2=O)cc1. The molecule has 0 saturated heterocycles. The van der Waals surface area contributed by atoms with Gasteiger partial charge in [0.15, 0.2) is 0 Å². The van der Waals surface area contributed by atoms with Crippen LogP contribution in [-0.4, -0.2) is 19.3 Å². The predicted molar refractivity (Wildman–Crippen MR) is 119 cm³/mol. The molecule has 3 heterocycles. The van der Waals surface area contributed by atoms with Crippen molar-refractivity contribution in [1.29, 1.82) is 0 Å². The van der Waals surface area contributed by atoms with Crippen molar-refractivity contribution in [3.8, 4) is 11.4 Å². The molecular weight excluding hydrogens is 412 g/mol. The highest BCUT2D eigenvalue weighted by molar-refractivity contribution is 7.17. The van der Waals surface area contributed by atoms with Crippen molar-refractivity contribution >= 4 is 21.6 Å². The highest BCUT2D eigenvalue weighted by Gasteiger charge is 2.17. The Morgan fingerprint density at radius 3 is 2.48 bits per heavy atom. The van der Waals surface area contributed by atoms with Crippen LogP contribution < -0.4 is 11.2 Å². The zero-order valence-corrected chi connectivity index (χ0v) is 17.5. The lowest BCUT2D eigenvalue weighted by Gasteiger charge is -2.11. The minimum atomic E-state index is -0.407. The molecule has 154 valence electrons. The highest BCUT2D eigenvalue weighted by Crippen LogP contribution is 2.18. The Morgan fingerprint density at radius 2 is 1.71 bits per heavy atom. The van der Waals surface area contributed by atoms with E-state index >= 15 is 0 Å². The van der Waals surface area contributed by atoms with Gasteiger partial charge in [0.2, 0.25) is 11.7 Å². The number of aromatic nitrogens is 4. The summed E-state index contributed by atoms with van der Waals surface area (Å²) in [5, 5.41) is 5.84. The lowest BCUT2D eigenvalue weighted by Crippen LogP contribution is -2.40. The van der Waals surface area contributed by atoms with E-state index in [-0.39, 0.29) is 18.6 Å². The van der Waals surface area contributed by atoms with E-state index in [1.54, 1.807) is 11.4 Å². The van der Waals surface area contributed by atoms with Gasteiger partial charge in [0.25, 0.3) is 5.56 Å². The maximum absolute atomic E-state index is 13.3. The molecule has 0 radical (unpaired) electrons. The van der Waals surface area contributed by atoms with Crippen LogP contribution in [0.5, 0.6) is 0 Å². The van der Waals surface area contributed by atoms with E-state index in [1.165, 1.54) is 20.5 Å². The Kier molecular flexibility index (Phi) is 4.83. The quantitative estimate of drug-likeness (QED) is 0.425. The van der Waals surface area contributed by atoms with Crippen molar-refractivity contribution < 1.29 is 4.52 Å². The molecule has 8 heteroatoms. The number of aryl methyl sites for hydroxylation is 1. The van der Waals surface area contributed by atoms with Gasteiger partial charge in [-0.25, -0.2) is 4.79 Å². The van der Waals surface area contributed by atoms with E-state index < -0.39 is 5.69 Å². The van der Waals surface area contributed by atoms with Gasteiger partial charge in [-0.2, -0.15) is 4.98 Å². The second kappa shape index (κ2) is 7.81. The summed E-state index contributed by atoms with van der Waals surface area (Å²) in [6.07, 6.45) is 0. The van der Waals surface area contributed by atoms with Gasteiger partial charge in [0, 0.05) is 5.56 Å². The summed E-state index contributed by atoms with van der Waals surface area (Å²) < 4.78 is 8.70. The van der Waals surface area contributed by atoms with Gasteiger partial charge in [0.05, 0.1) is 12.1 Å². The zero-order chi connectivity index (χ0) is 21.4. The molecule has 7 nitrogen and oxygen atoms in total. The van der Waals surface area contributed by atoms with Crippen molar-refractivity contribution in [3.63, 3.8) is 0 Å². The summed E-state index contributed by atoms with van der Waals surface area (Å²) >= 11 is 1.32. The van der Waals surface area contributed by atoms with Crippen molar-refractivity contribution in [2.24, 2.45) is 0 Å². The normalized spacial score (nSPS) is 11.3. The molecule has 0 bridgehead atoms. The second-order valence-corrected chi connectivity index (χ2v) is 8.17. The minimum absolute atomic E-state index is 0.0834. The van der Waals surface area contributed by atoms with E-state index in [1.807, 2.05) is 61.5 Å². The number of hydrogen-bond donors (Lipinski definition) is 0. The molecule has 5 rings (SSSR count). The van der Waals surface area contributed by atoms with Gasteiger partial charge in [-0.3, -0.25) is 13.9 Å². The van der Waals surface area contributed by atoms with Gasteiger partial charge in [-0.05, 0) is 23.9 Å². The molecule has 0 spiro atoms. The van der Waals surface area contributed by atoms with E-state index in [0.29, 0.717) is 21.9 Å². The van der Waals surface area contributed by atoms with Crippen molar-refractivity contribution in [3.05, 3.63) is 104 Å². The summed E-state index contributed by atoms with van der Waals surface area (Å²) in [6.45, 7) is 2.28. The molecule has 0 fully saturated rings. The predicted octanol–water partition coefficient (Wildman–Crippen LogP) is 3.68. The molecule has 0 atom stereocenters.